The Kier molecular flexibility index (Phi) is 5.15. The minimum absolute atomic E-state index is 0.364. The second-order valence-corrected chi connectivity index (χ2v) is 9.28. The fourth-order valence-electron chi connectivity index (χ4n) is 5.55. The van der Waals surface area contributed by atoms with Crippen LogP contribution in [0, 0.1) is 0 Å². The molecule has 2 N–H and O–H groups in total. The molecule has 1 aromatic carbocycles. The van der Waals surface area contributed by atoms with Crippen LogP contribution in [0.2, 0.25) is 0 Å². The van der Waals surface area contributed by atoms with Crippen LogP contribution < -0.4 is 5.32 Å². The molecular weight excluding hydrogens is 388 g/mol. The molecule has 2 atom stereocenters. The molecule has 0 radical (unpaired) electrons. The van der Waals surface area contributed by atoms with Gasteiger partial charge in [-0.2, -0.15) is 0 Å². The molecule has 0 saturated carbocycles. The lowest BCUT2D eigenvalue weighted by molar-refractivity contribution is -0.132. The summed E-state index contributed by atoms with van der Waals surface area (Å²) in [7, 11) is 4.38. The van der Waals surface area contributed by atoms with Gasteiger partial charge < -0.3 is 19.9 Å². The van der Waals surface area contributed by atoms with E-state index in [2.05, 4.69) is 65.0 Å². The summed E-state index contributed by atoms with van der Waals surface area (Å²) in [5.74, 6) is -0.846. The number of hydrogen-bond acceptors (Lipinski definition) is 4. The zero-order chi connectivity index (χ0) is 21.7. The Morgan fingerprint density at radius 2 is 2.06 bits per heavy atom. The number of dihydropyridines is 1. The molecule has 5 rings (SSSR count). The first-order chi connectivity index (χ1) is 15.0. The number of carboxylic acid groups (broad SMARTS) is 1. The van der Waals surface area contributed by atoms with Crippen LogP contribution in [0.3, 0.4) is 0 Å². The molecule has 0 amide bonds. The quantitative estimate of drug-likeness (QED) is 0.776. The number of benzene rings is 1. The number of nitrogens with zero attached hydrogens (tertiary/aromatic N) is 3. The maximum absolute atomic E-state index is 11.4. The molecule has 4 heterocycles. The SMILES string of the molecule is CCC1=C(c2ccc3c(c2)cc2n3CCC2N2CCC(N(C)C)C2)NCC(C(=O)O)=C1. The van der Waals surface area contributed by atoms with E-state index in [4.69, 9.17) is 0 Å². The second-order valence-electron chi connectivity index (χ2n) is 9.28. The summed E-state index contributed by atoms with van der Waals surface area (Å²) in [5, 5.41) is 14.0. The summed E-state index contributed by atoms with van der Waals surface area (Å²) in [6, 6.07) is 10.2. The van der Waals surface area contributed by atoms with Crippen LogP contribution >= 0.6 is 0 Å². The van der Waals surface area contributed by atoms with E-state index in [0.29, 0.717) is 24.2 Å². The van der Waals surface area contributed by atoms with E-state index >= 15 is 0 Å². The highest BCUT2D eigenvalue weighted by molar-refractivity contribution is 5.91. The Labute approximate surface area is 183 Å². The van der Waals surface area contributed by atoms with Gasteiger partial charge in [0.25, 0.3) is 0 Å². The first kappa shape index (κ1) is 20.3. The van der Waals surface area contributed by atoms with Gasteiger partial charge in [-0.1, -0.05) is 13.0 Å². The first-order valence-corrected chi connectivity index (χ1v) is 11.4. The lowest BCUT2D eigenvalue weighted by Crippen LogP contribution is -2.32. The van der Waals surface area contributed by atoms with E-state index in [0.717, 1.165) is 36.3 Å². The number of likely N-dealkylation sites (N-methyl/N-ethyl adjacent to an activating group) is 1. The Hall–Kier alpha value is -2.57. The van der Waals surface area contributed by atoms with Crippen molar-refractivity contribution in [3.63, 3.8) is 0 Å². The standard InChI is InChI=1S/C25H32N4O2/c1-4-16-11-19(25(30)31)14-26-24(16)17-5-6-21-18(12-17)13-23-22(8-10-29(21)23)28-9-7-20(15-28)27(2)3/h5-6,11-13,20,22,26H,4,7-10,14-15H2,1-3H3,(H,30,31). The van der Waals surface area contributed by atoms with Crippen molar-refractivity contribution < 1.29 is 9.90 Å². The number of likely N-dealkylation sites (tertiary alicyclic amines) is 1. The smallest absolute Gasteiger partial charge is 0.333 e. The van der Waals surface area contributed by atoms with Gasteiger partial charge in [0.1, 0.15) is 0 Å². The number of fused-ring (bicyclic) bond motifs is 3. The van der Waals surface area contributed by atoms with Crippen molar-refractivity contribution in [3.8, 4) is 0 Å². The molecule has 1 aromatic heterocycles. The summed E-state index contributed by atoms with van der Waals surface area (Å²) in [5.41, 5.74) is 6.43. The number of rotatable bonds is 5. The van der Waals surface area contributed by atoms with Crippen molar-refractivity contribution in [2.45, 2.75) is 44.8 Å². The number of hydrogen-bond donors (Lipinski definition) is 2. The Morgan fingerprint density at radius 1 is 1.23 bits per heavy atom. The number of aliphatic carboxylic acids is 1. The van der Waals surface area contributed by atoms with Gasteiger partial charge in [0.15, 0.2) is 0 Å². The van der Waals surface area contributed by atoms with Crippen LogP contribution in [0.5, 0.6) is 0 Å². The third kappa shape index (κ3) is 3.48. The molecule has 1 saturated heterocycles. The number of nitrogens with one attached hydrogen (secondary N) is 1. The van der Waals surface area contributed by atoms with Gasteiger partial charge in [-0.05, 0) is 68.8 Å². The summed E-state index contributed by atoms with van der Waals surface area (Å²) in [6.07, 6.45) is 5.08. The average molecular weight is 421 g/mol. The van der Waals surface area contributed by atoms with Gasteiger partial charge >= 0.3 is 5.97 Å². The summed E-state index contributed by atoms with van der Waals surface area (Å²) in [6.45, 7) is 5.85. The Balaban J connectivity index is 1.47. The highest BCUT2D eigenvalue weighted by Crippen LogP contribution is 2.39. The van der Waals surface area contributed by atoms with Crippen LogP contribution in [0.25, 0.3) is 16.6 Å². The Bertz CT molecular complexity index is 1090. The molecule has 6 heteroatoms. The molecule has 164 valence electrons. The number of carboxylic acids is 1. The minimum atomic E-state index is -0.846. The molecule has 3 aliphatic heterocycles. The van der Waals surface area contributed by atoms with E-state index in [9.17, 15) is 9.90 Å². The molecule has 0 spiro atoms. The highest BCUT2D eigenvalue weighted by Gasteiger charge is 2.35. The number of aryl methyl sites for hydroxylation is 1. The van der Waals surface area contributed by atoms with Crippen molar-refractivity contribution in [3.05, 3.63) is 52.7 Å². The Morgan fingerprint density at radius 3 is 2.77 bits per heavy atom. The van der Waals surface area contributed by atoms with Crippen molar-refractivity contribution in [2.24, 2.45) is 0 Å². The minimum Gasteiger partial charge on any atom is -0.478 e. The zero-order valence-electron chi connectivity index (χ0n) is 18.7. The maximum atomic E-state index is 11.4. The lowest BCUT2D eigenvalue weighted by Gasteiger charge is -2.25. The lowest BCUT2D eigenvalue weighted by atomic mass is 9.97. The van der Waals surface area contributed by atoms with Gasteiger partial charge in [-0.15, -0.1) is 0 Å². The molecular formula is C25H32N4O2. The van der Waals surface area contributed by atoms with Crippen molar-refractivity contribution in [1.29, 1.82) is 0 Å². The monoisotopic (exact) mass is 420 g/mol. The fourth-order valence-corrected chi connectivity index (χ4v) is 5.55. The van der Waals surface area contributed by atoms with Crippen molar-refractivity contribution >= 4 is 22.6 Å². The van der Waals surface area contributed by atoms with Crippen molar-refractivity contribution in [2.75, 3.05) is 33.7 Å². The van der Waals surface area contributed by atoms with Crippen LogP contribution in [0.4, 0.5) is 0 Å². The average Bonchev–Trinajstić information content (AvgIpc) is 3.47. The van der Waals surface area contributed by atoms with Gasteiger partial charge in [-0.25, -0.2) is 4.79 Å². The van der Waals surface area contributed by atoms with E-state index < -0.39 is 5.97 Å². The first-order valence-electron chi connectivity index (χ1n) is 11.4. The van der Waals surface area contributed by atoms with Crippen LogP contribution in [-0.4, -0.2) is 65.2 Å². The largest absolute Gasteiger partial charge is 0.478 e. The topological polar surface area (TPSA) is 60.7 Å². The molecule has 6 nitrogen and oxygen atoms in total. The third-order valence-corrected chi connectivity index (χ3v) is 7.34. The van der Waals surface area contributed by atoms with Gasteiger partial charge in [0.2, 0.25) is 0 Å². The number of allylic oxidation sites excluding steroid dienone is 2. The van der Waals surface area contributed by atoms with Crippen LogP contribution in [0.15, 0.2) is 41.5 Å². The molecule has 2 unspecified atom stereocenters. The predicted octanol–water partition coefficient (Wildman–Crippen LogP) is 3.46. The van der Waals surface area contributed by atoms with Crippen molar-refractivity contribution in [1.82, 2.24) is 19.7 Å². The van der Waals surface area contributed by atoms with Gasteiger partial charge in [-0.3, -0.25) is 4.90 Å². The molecule has 31 heavy (non-hydrogen) atoms. The van der Waals surface area contributed by atoms with Gasteiger partial charge in [0, 0.05) is 54.5 Å². The third-order valence-electron chi connectivity index (χ3n) is 7.34. The van der Waals surface area contributed by atoms with E-state index in [1.165, 1.54) is 36.0 Å². The molecule has 2 aromatic rings. The summed E-state index contributed by atoms with van der Waals surface area (Å²) in [4.78, 5) is 16.4. The van der Waals surface area contributed by atoms with E-state index in [1.807, 2.05) is 6.08 Å². The van der Waals surface area contributed by atoms with Gasteiger partial charge in [0.05, 0.1) is 11.6 Å². The highest BCUT2D eigenvalue weighted by atomic mass is 16.4. The molecule has 1 fully saturated rings. The van der Waals surface area contributed by atoms with E-state index in [1.54, 1.807) is 0 Å². The normalized spacial score (nSPS) is 24.1. The zero-order valence-corrected chi connectivity index (χ0v) is 18.7. The summed E-state index contributed by atoms with van der Waals surface area (Å²) >= 11 is 0. The number of carbonyl (C=O) groups is 1. The maximum Gasteiger partial charge on any atom is 0.333 e. The van der Waals surface area contributed by atoms with Crippen LogP contribution in [-0.2, 0) is 11.3 Å². The molecule has 3 aliphatic rings. The fraction of sp³-hybridized carbons (Fsp3) is 0.480. The van der Waals surface area contributed by atoms with Crippen LogP contribution in [0.1, 0.15) is 43.5 Å². The molecule has 0 bridgehead atoms. The molecule has 0 aliphatic carbocycles. The predicted molar refractivity (Wildman–Crippen MR) is 124 cm³/mol. The summed E-state index contributed by atoms with van der Waals surface area (Å²) < 4.78 is 2.50. The second kappa shape index (κ2) is 7.84. The number of aromatic nitrogens is 1. The van der Waals surface area contributed by atoms with E-state index in [-0.39, 0.29) is 0 Å².